The van der Waals surface area contributed by atoms with E-state index in [2.05, 4.69) is 27.7 Å². The Balaban J connectivity index is 1.66. The summed E-state index contributed by atoms with van der Waals surface area (Å²) in [6, 6.07) is 0. The van der Waals surface area contributed by atoms with Crippen LogP contribution in [0.5, 0.6) is 0 Å². The van der Waals surface area contributed by atoms with Gasteiger partial charge in [0.2, 0.25) is 0 Å². The van der Waals surface area contributed by atoms with Crippen molar-refractivity contribution >= 4 is 0 Å². The van der Waals surface area contributed by atoms with Gasteiger partial charge in [-0.2, -0.15) is 0 Å². The second kappa shape index (κ2) is 4.75. The molecule has 0 nitrogen and oxygen atoms in total. The van der Waals surface area contributed by atoms with Crippen LogP contribution in [0.1, 0.15) is 85.5 Å². The van der Waals surface area contributed by atoms with Gasteiger partial charge >= 0.3 is 0 Å². The van der Waals surface area contributed by atoms with Crippen LogP contribution in [0.25, 0.3) is 0 Å². The molecule has 21 heavy (non-hydrogen) atoms. The van der Waals surface area contributed by atoms with E-state index in [9.17, 15) is 0 Å². The summed E-state index contributed by atoms with van der Waals surface area (Å²) in [6.07, 6.45) is 13.9. The van der Waals surface area contributed by atoms with Crippen LogP contribution >= 0.6 is 0 Å². The van der Waals surface area contributed by atoms with Gasteiger partial charge in [-0.1, -0.05) is 40.5 Å². The largest absolute Gasteiger partial charge is 0.0625 e. The Labute approximate surface area is 132 Å². The zero-order valence-corrected chi connectivity index (χ0v) is 14.8. The first-order valence-electron chi connectivity index (χ1n) is 9.94. The molecule has 0 aromatic carbocycles. The Morgan fingerprint density at radius 2 is 1.57 bits per heavy atom. The minimum absolute atomic E-state index is 0.693. The van der Waals surface area contributed by atoms with Crippen LogP contribution in [0.3, 0.4) is 0 Å². The quantitative estimate of drug-likeness (QED) is 0.490. The molecule has 0 aliphatic heterocycles. The minimum Gasteiger partial charge on any atom is -0.0625 e. The van der Waals surface area contributed by atoms with Crippen molar-refractivity contribution in [2.75, 3.05) is 0 Å². The van der Waals surface area contributed by atoms with Crippen LogP contribution < -0.4 is 0 Å². The van der Waals surface area contributed by atoms with Crippen molar-refractivity contribution in [2.45, 2.75) is 85.5 Å². The predicted molar refractivity (Wildman–Crippen MR) is 90.1 cm³/mol. The van der Waals surface area contributed by atoms with E-state index >= 15 is 0 Å². The van der Waals surface area contributed by atoms with Crippen molar-refractivity contribution in [1.82, 2.24) is 0 Å². The Morgan fingerprint density at radius 1 is 0.762 bits per heavy atom. The lowest BCUT2D eigenvalue weighted by atomic mass is 9.43. The summed E-state index contributed by atoms with van der Waals surface area (Å²) in [7, 11) is 0. The van der Waals surface area contributed by atoms with E-state index in [0.29, 0.717) is 5.41 Å². The normalized spacial score (nSPS) is 60.0. The van der Waals surface area contributed by atoms with E-state index in [4.69, 9.17) is 0 Å². The average molecular weight is 289 g/mol. The van der Waals surface area contributed by atoms with E-state index in [1.807, 2.05) is 0 Å². The standard InChI is InChI=1S/C21H36/c1-14-7-11-21(4)18-8-10-20(3)9-5-6-17(20)16(18)13-15(2)19(21)12-14/h14-19H,5-13H2,1-4H3. The molecule has 4 fully saturated rings. The summed E-state index contributed by atoms with van der Waals surface area (Å²) < 4.78 is 0. The van der Waals surface area contributed by atoms with Crippen LogP contribution in [0.4, 0.5) is 0 Å². The third kappa shape index (κ3) is 1.99. The van der Waals surface area contributed by atoms with Crippen LogP contribution in [-0.2, 0) is 0 Å². The first-order chi connectivity index (χ1) is 9.94. The molecule has 8 unspecified atom stereocenters. The van der Waals surface area contributed by atoms with Crippen molar-refractivity contribution < 1.29 is 0 Å². The van der Waals surface area contributed by atoms with Crippen LogP contribution in [0, 0.1) is 46.3 Å². The highest BCUT2D eigenvalue weighted by molar-refractivity contribution is 5.08. The summed E-state index contributed by atoms with van der Waals surface area (Å²) in [5.41, 5.74) is 1.42. The summed E-state index contributed by atoms with van der Waals surface area (Å²) in [6.45, 7) is 10.5. The maximum absolute atomic E-state index is 2.72. The molecule has 8 atom stereocenters. The van der Waals surface area contributed by atoms with Gasteiger partial charge in [0, 0.05) is 0 Å². The number of rotatable bonds is 0. The molecular formula is C21H36. The van der Waals surface area contributed by atoms with Gasteiger partial charge in [-0.15, -0.1) is 0 Å². The molecule has 4 aliphatic rings. The molecule has 0 amide bonds. The molecule has 4 rings (SSSR count). The van der Waals surface area contributed by atoms with Crippen molar-refractivity contribution in [1.29, 1.82) is 0 Å². The monoisotopic (exact) mass is 288 g/mol. The molecule has 4 aliphatic carbocycles. The molecule has 0 heteroatoms. The zero-order valence-electron chi connectivity index (χ0n) is 14.8. The van der Waals surface area contributed by atoms with Gasteiger partial charge in [-0.3, -0.25) is 0 Å². The fourth-order valence-electron chi connectivity index (χ4n) is 7.93. The van der Waals surface area contributed by atoms with Gasteiger partial charge in [0.15, 0.2) is 0 Å². The van der Waals surface area contributed by atoms with E-state index in [1.54, 1.807) is 25.7 Å². The molecule has 0 saturated heterocycles. The maximum atomic E-state index is 2.72. The fourth-order valence-corrected chi connectivity index (χ4v) is 7.93. The van der Waals surface area contributed by atoms with E-state index < -0.39 is 0 Å². The maximum Gasteiger partial charge on any atom is -0.0264 e. The number of hydrogen-bond acceptors (Lipinski definition) is 0. The first-order valence-corrected chi connectivity index (χ1v) is 9.94. The predicted octanol–water partition coefficient (Wildman–Crippen LogP) is 6.30. The number of fused-ring (bicyclic) bond motifs is 5. The molecule has 0 N–H and O–H groups in total. The van der Waals surface area contributed by atoms with Gasteiger partial charge < -0.3 is 0 Å². The average Bonchev–Trinajstić information content (AvgIpc) is 2.83. The molecule has 4 saturated carbocycles. The Kier molecular flexibility index (Phi) is 3.30. The van der Waals surface area contributed by atoms with Crippen LogP contribution in [-0.4, -0.2) is 0 Å². The lowest BCUT2D eigenvalue weighted by Gasteiger charge is -2.62. The summed E-state index contributed by atoms with van der Waals surface area (Å²) in [5.74, 6) is 6.24. The topological polar surface area (TPSA) is 0 Å². The molecule has 120 valence electrons. The van der Waals surface area contributed by atoms with Crippen molar-refractivity contribution in [2.24, 2.45) is 46.3 Å². The SMILES string of the molecule is CC1CCC2(C)C(C1)C(C)CC1C3CCCC3(C)CCC12. The summed E-state index contributed by atoms with van der Waals surface area (Å²) >= 11 is 0. The van der Waals surface area contributed by atoms with Crippen LogP contribution in [0.15, 0.2) is 0 Å². The molecule has 0 aromatic heterocycles. The Bertz CT molecular complexity index is 412. The molecule has 0 aromatic rings. The first kappa shape index (κ1) is 14.6. The Hall–Kier alpha value is 0. The Morgan fingerprint density at radius 3 is 2.38 bits per heavy atom. The summed E-state index contributed by atoms with van der Waals surface area (Å²) in [5, 5.41) is 0. The highest BCUT2D eigenvalue weighted by atomic mass is 14.6. The second-order valence-electron chi connectivity index (χ2n) is 10.2. The zero-order chi connectivity index (χ0) is 14.8. The molecule has 0 radical (unpaired) electrons. The highest BCUT2D eigenvalue weighted by Gasteiger charge is 2.59. The molecule has 0 bridgehead atoms. The van der Waals surface area contributed by atoms with Crippen LogP contribution in [0.2, 0.25) is 0 Å². The summed E-state index contributed by atoms with van der Waals surface area (Å²) in [4.78, 5) is 0. The van der Waals surface area contributed by atoms with Crippen molar-refractivity contribution in [3.8, 4) is 0 Å². The highest BCUT2D eigenvalue weighted by Crippen LogP contribution is 2.67. The van der Waals surface area contributed by atoms with E-state index in [0.717, 1.165) is 40.9 Å². The third-order valence-corrected chi connectivity index (χ3v) is 9.08. The van der Waals surface area contributed by atoms with E-state index in [-0.39, 0.29) is 0 Å². The van der Waals surface area contributed by atoms with Gasteiger partial charge in [0.05, 0.1) is 0 Å². The molecule has 0 heterocycles. The lowest BCUT2D eigenvalue weighted by Crippen LogP contribution is -2.55. The smallest absolute Gasteiger partial charge is 0.0264 e. The van der Waals surface area contributed by atoms with Crippen molar-refractivity contribution in [3.63, 3.8) is 0 Å². The fraction of sp³-hybridized carbons (Fsp3) is 1.00. The van der Waals surface area contributed by atoms with Gasteiger partial charge in [-0.05, 0) is 91.3 Å². The lowest BCUT2D eigenvalue weighted by molar-refractivity contribution is -0.132. The van der Waals surface area contributed by atoms with E-state index in [1.165, 1.54) is 32.1 Å². The minimum atomic E-state index is 0.693. The van der Waals surface area contributed by atoms with Crippen molar-refractivity contribution in [3.05, 3.63) is 0 Å². The molecule has 0 spiro atoms. The van der Waals surface area contributed by atoms with Gasteiger partial charge in [0.25, 0.3) is 0 Å². The van der Waals surface area contributed by atoms with Gasteiger partial charge in [-0.25, -0.2) is 0 Å². The number of hydrogen-bond donors (Lipinski definition) is 0. The third-order valence-electron chi connectivity index (χ3n) is 9.08. The molecular weight excluding hydrogens is 252 g/mol. The van der Waals surface area contributed by atoms with Gasteiger partial charge in [0.1, 0.15) is 0 Å². The second-order valence-corrected chi connectivity index (χ2v) is 10.2.